The van der Waals surface area contributed by atoms with Crippen LogP contribution in [0.1, 0.15) is 12.8 Å². The van der Waals surface area contributed by atoms with Crippen LogP contribution in [0.4, 0.5) is 17.1 Å². The van der Waals surface area contributed by atoms with Crippen molar-refractivity contribution in [1.82, 2.24) is 4.72 Å². The Hall–Kier alpha value is -2.82. The molecule has 0 amide bonds. The second-order valence-electron chi connectivity index (χ2n) is 6.73. The second kappa shape index (κ2) is 10.8. The highest BCUT2D eigenvalue weighted by Gasteiger charge is 2.25. The van der Waals surface area contributed by atoms with Crippen LogP contribution in [0.2, 0.25) is 0 Å². The number of nitrogens with two attached hydrogens (primary N) is 1. The molecule has 0 aliphatic carbocycles. The highest BCUT2D eigenvalue weighted by atomic mass is 32.2. The fraction of sp³-hybridized carbons (Fsp3) is 0.350. The normalized spacial score (nSPS) is 12.7. The van der Waals surface area contributed by atoms with E-state index in [1.165, 1.54) is 19.2 Å². The lowest BCUT2D eigenvalue weighted by molar-refractivity contribution is -0.142. The molecule has 0 unspecified atom stereocenters. The standard InChI is InChI=1S/C20H27N5O4S/c1-25(2)17-10-6-15(7-11-17)22-23-16-8-12-18(13-9-16)30(27,28)24-19(5-4-14-21)20(26)29-3/h6-13,19,24H,4-5,14,21H2,1-3H3/t19-/m0/s1. The highest BCUT2D eigenvalue weighted by Crippen LogP contribution is 2.22. The summed E-state index contributed by atoms with van der Waals surface area (Å²) in [5, 5.41) is 8.28. The molecule has 1 atom stereocenters. The quantitative estimate of drug-likeness (QED) is 0.438. The van der Waals surface area contributed by atoms with Crippen LogP contribution in [0.3, 0.4) is 0 Å². The van der Waals surface area contributed by atoms with Gasteiger partial charge in [0.05, 0.1) is 23.4 Å². The summed E-state index contributed by atoms with van der Waals surface area (Å²) in [6, 6.07) is 12.4. The Morgan fingerprint density at radius 3 is 2.07 bits per heavy atom. The van der Waals surface area contributed by atoms with Gasteiger partial charge in [-0.25, -0.2) is 8.42 Å². The van der Waals surface area contributed by atoms with Crippen LogP contribution in [0.15, 0.2) is 63.7 Å². The number of carbonyl (C=O) groups is 1. The minimum Gasteiger partial charge on any atom is -0.468 e. The molecule has 0 heterocycles. The molecule has 0 bridgehead atoms. The molecule has 162 valence electrons. The summed E-state index contributed by atoms with van der Waals surface area (Å²) in [7, 11) is 1.20. The van der Waals surface area contributed by atoms with Crippen molar-refractivity contribution < 1.29 is 17.9 Å². The summed E-state index contributed by atoms with van der Waals surface area (Å²) < 4.78 is 32.2. The second-order valence-corrected chi connectivity index (χ2v) is 8.45. The maximum Gasteiger partial charge on any atom is 0.323 e. The Labute approximate surface area is 177 Å². The van der Waals surface area contributed by atoms with Gasteiger partial charge < -0.3 is 15.4 Å². The number of carbonyl (C=O) groups excluding carboxylic acids is 1. The fourth-order valence-electron chi connectivity index (χ4n) is 2.57. The van der Waals surface area contributed by atoms with Crippen LogP contribution in [0.25, 0.3) is 0 Å². The van der Waals surface area contributed by atoms with Crippen molar-refractivity contribution in [1.29, 1.82) is 0 Å². The molecule has 0 aliphatic heterocycles. The van der Waals surface area contributed by atoms with E-state index in [2.05, 4.69) is 19.7 Å². The smallest absolute Gasteiger partial charge is 0.323 e. The summed E-state index contributed by atoms with van der Waals surface area (Å²) in [6.07, 6.45) is 0.735. The number of rotatable bonds is 10. The van der Waals surface area contributed by atoms with Crippen molar-refractivity contribution >= 4 is 33.1 Å². The summed E-state index contributed by atoms with van der Waals surface area (Å²) >= 11 is 0. The average molecular weight is 434 g/mol. The van der Waals surface area contributed by atoms with Gasteiger partial charge in [-0.2, -0.15) is 15.0 Å². The van der Waals surface area contributed by atoms with E-state index >= 15 is 0 Å². The van der Waals surface area contributed by atoms with Crippen molar-refractivity contribution in [3.05, 3.63) is 48.5 Å². The molecule has 0 radical (unpaired) electrons. The third-order valence-electron chi connectivity index (χ3n) is 4.27. The van der Waals surface area contributed by atoms with Gasteiger partial charge >= 0.3 is 5.97 Å². The third kappa shape index (κ3) is 6.61. The number of anilines is 1. The first-order chi connectivity index (χ1) is 14.3. The van der Waals surface area contributed by atoms with Gasteiger partial charge in [-0.05, 0) is 67.9 Å². The maximum absolute atomic E-state index is 12.6. The Morgan fingerprint density at radius 2 is 1.60 bits per heavy atom. The molecule has 0 aliphatic rings. The SMILES string of the molecule is COC(=O)[C@H](CCCN)NS(=O)(=O)c1ccc(N=Nc2ccc(N(C)C)cc2)cc1. The van der Waals surface area contributed by atoms with Crippen molar-refractivity contribution in [2.24, 2.45) is 16.0 Å². The third-order valence-corrected chi connectivity index (χ3v) is 5.76. The van der Waals surface area contributed by atoms with E-state index in [1.807, 2.05) is 43.3 Å². The summed E-state index contributed by atoms with van der Waals surface area (Å²) in [5.41, 5.74) is 7.68. The first-order valence-corrected chi connectivity index (χ1v) is 10.8. The van der Waals surface area contributed by atoms with E-state index < -0.39 is 22.0 Å². The van der Waals surface area contributed by atoms with E-state index in [-0.39, 0.29) is 11.3 Å². The number of esters is 1. The average Bonchev–Trinajstić information content (AvgIpc) is 2.75. The zero-order valence-electron chi connectivity index (χ0n) is 17.3. The molecule has 2 rings (SSSR count). The van der Waals surface area contributed by atoms with Crippen molar-refractivity contribution in [3.8, 4) is 0 Å². The van der Waals surface area contributed by atoms with E-state index in [9.17, 15) is 13.2 Å². The van der Waals surface area contributed by atoms with Crippen molar-refractivity contribution in [3.63, 3.8) is 0 Å². The summed E-state index contributed by atoms with van der Waals surface area (Å²) in [5.74, 6) is -0.655. The number of benzene rings is 2. The number of hydrogen-bond acceptors (Lipinski definition) is 8. The predicted octanol–water partition coefficient (Wildman–Crippen LogP) is 2.73. The molecular weight excluding hydrogens is 406 g/mol. The molecule has 2 aromatic rings. The molecule has 2 aromatic carbocycles. The van der Waals surface area contributed by atoms with Gasteiger partial charge in [0, 0.05) is 19.8 Å². The summed E-state index contributed by atoms with van der Waals surface area (Å²) in [4.78, 5) is 13.8. The lowest BCUT2D eigenvalue weighted by Crippen LogP contribution is -2.41. The molecule has 0 saturated carbocycles. The number of methoxy groups -OCH3 is 1. The first-order valence-electron chi connectivity index (χ1n) is 9.36. The van der Waals surface area contributed by atoms with Gasteiger partial charge in [0.25, 0.3) is 0 Å². The van der Waals surface area contributed by atoms with Gasteiger partial charge in [-0.15, -0.1) is 0 Å². The Morgan fingerprint density at radius 1 is 1.07 bits per heavy atom. The Balaban J connectivity index is 2.10. The molecular formula is C20H27N5O4S. The van der Waals surface area contributed by atoms with Crippen LogP contribution in [-0.2, 0) is 19.6 Å². The van der Waals surface area contributed by atoms with Crippen LogP contribution < -0.4 is 15.4 Å². The molecule has 10 heteroatoms. The number of ether oxygens (including phenoxy) is 1. The van der Waals surface area contributed by atoms with E-state index in [4.69, 9.17) is 5.73 Å². The number of nitrogens with one attached hydrogen (secondary N) is 1. The minimum absolute atomic E-state index is 0.0124. The van der Waals surface area contributed by atoms with E-state index in [0.29, 0.717) is 24.3 Å². The number of hydrogen-bond donors (Lipinski definition) is 2. The molecule has 9 nitrogen and oxygen atoms in total. The molecule has 0 fully saturated rings. The molecule has 3 N–H and O–H groups in total. The number of azo groups is 1. The van der Waals surface area contributed by atoms with Gasteiger partial charge in [0.2, 0.25) is 10.0 Å². The zero-order valence-corrected chi connectivity index (χ0v) is 18.1. The van der Waals surface area contributed by atoms with Gasteiger partial charge in [0.1, 0.15) is 6.04 Å². The lowest BCUT2D eigenvalue weighted by Gasteiger charge is -2.16. The highest BCUT2D eigenvalue weighted by molar-refractivity contribution is 7.89. The van der Waals surface area contributed by atoms with Gasteiger partial charge in [-0.1, -0.05) is 0 Å². The zero-order chi connectivity index (χ0) is 22.1. The number of nitrogens with zero attached hydrogens (tertiary/aromatic N) is 3. The molecule has 0 spiro atoms. The topological polar surface area (TPSA) is 126 Å². The van der Waals surface area contributed by atoms with Gasteiger partial charge in [-0.3, -0.25) is 4.79 Å². The molecule has 0 aromatic heterocycles. The Kier molecular flexibility index (Phi) is 8.46. The van der Waals surface area contributed by atoms with Crippen molar-refractivity contribution in [2.75, 3.05) is 32.6 Å². The minimum atomic E-state index is -3.91. The van der Waals surface area contributed by atoms with E-state index in [1.54, 1.807) is 12.1 Å². The Bertz CT molecular complexity index is 958. The van der Waals surface area contributed by atoms with Crippen LogP contribution in [0, 0.1) is 0 Å². The summed E-state index contributed by atoms with van der Waals surface area (Å²) in [6.45, 7) is 0.340. The van der Waals surface area contributed by atoms with Crippen LogP contribution in [-0.4, -0.2) is 48.2 Å². The first kappa shape index (κ1) is 23.5. The number of sulfonamides is 1. The molecule has 30 heavy (non-hydrogen) atoms. The largest absolute Gasteiger partial charge is 0.468 e. The van der Waals surface area contributed by atoms with E-state index in [0.717, 1.165) is 5.69 Å². The van der Waals surface area contributed by atoms with Crippen LogP contribution >= 0.6 is 0 Å². The van der Waals surface area contributed by atoms with Crippen LogP contribution in [0.5, 0.6) is 0 Å². The predicted molar refractivity (Wildman–Crippen MR) is 116 cm³/mol. The fourth-order valence-corrected chi connectivity index (χ4v) is 3.79. The van der Waals surface area contributed by atoms with Gasteiger partial charge in [0.15, 0.2) is 0 Å². The maximum atomic E-state index is 12.6. The molecule has 0 saturated heterocycles. The van der Waals surface area contributed by atoms with Crippen molar-refractivity contribution in [2.45, 2.75) is 23.8 Å². The monoisotopic (exact) mass is 433 g/mol. The lowest BCUT2D eigenvalue weighted by atomic mass is 10.2.